The van der Waals surface area contributed by atoms with Crippen LogP contribution in [-0.2, 0) is 10.0 Å². The van der Waals surface area contributed by atoms with E-state index in [-0.39, 0.29) is 11.6 Å². The molecule has 0 radical (unpaired) electrons. The lowest BCUT2D eigenvalue weighted by Crippen LogP contribution is -2.27. The SMILES string of the molecule is CC(NCCCNS(C)(=O)=O)c1cc(F)ccc1F. The summed E-state index contributed by atoms with van der Waals surface area (Å²) >= 11 is 0. The van der Waals surface area contributed by atoms with E-state index in [4.69, 9.17) is 0 Å². The van der Waals surface area contributed by atoms with Gasteiger partial charge in [0.15, 0.2) is 0 Å². The van der Waals surface area contributed by atoms with Gasteiger partial charge in [-0.25, -0.2) is 21.9 Å². The molecular formula is C12H18F2N2O2S. The second-order valence-corrected chi connectivity index (χ2v) is 6.19. The molecule has 4 nitrogen and oxygen atoms in total. The second kappa shape index (κ2) is 6.93. The van der Waals surface area contributed by atoms with E-state index in [1.54, 1.807) is 6.92 Å². The summed E-state index contributed by atoms with van der Waals surface area (Å²) in [6.07, 6.45) is 1.65. The molecule has 0 saturated carbocycles. The summed E-state index contributed by atoms with van der Waals surface area (Å²) in [5.41, 5.74) is 0.260. The Kier molecular flexibility index (Phi) is 5.84. The summed E-state index contributed by atoms with van der Waals surface area (Å²) in [5, 5.41) is 3.01. The van der Waals surface area contributed by atoms with Gasteiger partial charge in [-0.05, 0) is 38.1 Å². The maximum atomic E-state index is 13.5. The minimum absolute atomic E-state index is 0.260. The Bertz CT molecular complexity index is 520. The molecule has 0 aliphatic rings. The van der Waals surface area contributed by atoms with Gasteiger partial charge in [0.05, 0.1) is 6.26 Å². The van der Waals surface area contributed by atoms with Crippen molar-refractivity contribution < 1.29 is 17.2 Å². The van der Waals surface area contributed by atoms with Crippen LogP contribution in [0.4, 0.5) is 8.78 Å². The zero-order valence-corrected chi connectivity index (χ0v) is 11.7. The average molecular weight is 292 g/mol. The van der Waals surface area contributed by atoms with E-state index in [0.717, 1.165) is 24.5 Å². The fourth-order valence-electron chi connectivity index (χ4n) is 1.62. The van der Waals surface area contributed by atoms with Crippen LogP contribution in [0.1, 0.15) is 24.9 Å². The smallest absolute Gasteiger partial charge is 0.208 e. The number of hydrogen-bond acceptors (Lipinski definition) is 3. The lowest BCUT2D eigenvalue weighted by atomic mass is 10.1. The normalized spacial score (nSPS) is 13.5. The van der Waals surface area contributed by atoms with E-state index in [2.05, 4.69) is 10.0 Å². The molecule has 0 bridgehead atoms. The maximum absolute atomic E-state index is 13.5. The van der Waals surface area contributed by atoms with Crippen LogP contribution in [0.5, 0.6) is 0 Å². The Balaban J connectivity index is 2.39. The zero-order chi connectivity index (χ0) is 14.5. The second-order valence-electron chi connectivity index (χ2n) is 4.36. The lowest BCUT2D eigenvalue weighted by molar-refractivity contribution is 0.511. The fourth-order valence-corrected chi connectivity index (χ4v) is 2.14. The molecule has 0 aliphatic heterocycles. The molecule has 19 heavy (non-hydrogen) atoms. The summed E-state index contributed by atoms with van der Waals surface area (Å²) in [4.78, 5) is 0. The van der Waals surface area contributed by atoms with Gasteiger partial charge in [0, 0.05) is 18.2 Å². The minimum Gasteiger partial charge on any atom is -0.310 e. The highest BCUT2D eigenvalue weighted by molar-refractivity contribution is 7.88. The molecule has 108 valence electrons. The molecule has 0 aromatic heterocycles. The van der Waals surface area contributed by atoms with Gasteiger partial charge in [-0.3, -0.25) is 0 Å². The third kappa shape index (κ3) is 6.09. The molecule has 0 heterocycles. The van der Waals surface area contributed by atoms with Crippen molar-refractivity contribution in [2.75, 3.05) is 19.3 Å². The van der Waals surface area contributed by atoms with E-state index in [9.17, 15) is 17.2 Å². The molecule has 0 amide bonds. The first-order chi connectivity index (χ1) is 8.79. The van der Waals surface area contributed by atoms with Crippen molar-refractivity contribution in [1.82, 2.24) is 10.0 Å². The first-order valence-corrected chi connectivity index (χ1v) is 7.81. The van der Waals surface area contributed by atoms with Crippen molar-refractivity contribution in [3.05, 3.63) is 35.4 Å². The van der Waals surface area contributed by atoms with Crippen LogP contribution in [0, 0.1) is 11.6 Å². The van der Waals surface area contributed by atoms with Crippen LogP contribution in [0.15, 0.2) is 18.2 Å². The summed E-state index contributed by atoms with van der Waals surface area (Å²) in [7, 11) is -3.18. The number of halogens is 2. The number of benzene rings is 1. The van der Waals surface area contributed by atoms with E-state index in [1.165, 1.54) is 0 Å². The molecule has 1 unspecified atom stereocenters. The van der Waals surface area contributed by atoms with Crippen LogP contribution in [0.2, 0.25) is 0 Å². The number of hydrogen-bond donors (Lipinski definition) is 2. The summed E-state index contributed by atoms with van der Waals surface area (Å²) in [6, 6.07) is 2.98. The molecule has 2 N–H and O–H groups in total. The van der Waals surface area contributed by atoms with Gasteiger partial charge in [0.2, 0.25) is 10.0 Å². The van der Waals surface area contributed by atoms with Crippen LogP contribution in [0.3, 0.4) is 0 Å². The van der Waals surface area contributed by atoms with Crippen molar-refractivity contribution >= 4 is 10.0 Å². The Morgan fingerprint density at radius 1 is 1.26 bits per heavy atom. The fraction of sp³-hybridized carbons (Fsp3) is 0.500. The van der Waals surface area contributed by atoms with Crippen LogP contribution < -0.4 is 10.0 Å². The summed E-state index contributed by atoms with van der Waals surface area (Å²) in [5.74, 6) is -0.945. The van der Waals surface area contributed by atoms with Gasteiger partial charge >= 0.3 is 0 Å². The molecule has 0 aliphatic carbocycles. The van der Waals surface area contributed by atoms with E-state index < -0.39 is 21.7 Å². The predicted octanol–water partition coefficient (Wildman–Crippen LogP) is 1.55. The highest BCUT2D eigenvalue weighted by Gasteiger charge is 2.11. The topological polar surface area (TPSA) is 58.2 Å². The zero-order valence-electron chi connectivity index (χ0n) is 10.9. The largest absolute Gasteiger partial charge is 0.310 e. The van der Waals surface area contributed by atoms with Gasteiger partial charge in [-0.1, -0.05) is 0 Å². The average Bonchev–Trinajstić information content (AvgIpc) is 2.30. The van der Waals surface area contributed by atoms with E-state index in [0.29, 0.717) is 19.5 Å². The van der Waals surface area contributed by atoms with Gasteiger partial charge in [-0.2, -0.15) is 0 Å². The highest BCUT2D eigenvalue weighted by atomic mass is 32.2. The minimum atomic E-state index is -3.18. The van der Waals surface area contributed by atoms with Crippen molar-refractivity contribution in [3.63, 3.8) is 0 Å². The Labute approximate surface area is 112 Å². The van der Waals surface area contributed by atoms with E-state index in [1.807, 2.05) is 0 Å². The first-order valence-electron chi connectivity index (χ1n) is 5.92. The summed E-state index contributed by atoms with van der Waals surface area (Å²) < 4.78 is 50.4. The van der Waals surface area contributed by atoms with Crippen molar-refractivity contribution in [2.24, 2.45) is 0 Å². The molecule has 0 spiro atoms. The molecule has 1 aromatic carbocycles. The van der Waals surface area contributed by atoms with Crippen molar-refractivity contribution in [3.8, 4) is 0 Å². The third-order valence-corrected chi connectivity index (χ3v) is 3.32. The molecule has 1 aromatic rings. The van der Waals surface area contributed by atoms with Crippen LogP contribution in [-0.4, -0.2) is 27.8 Å². The predicted molar refractivity (Wildman–Crippen MR) is 70.2 cm³/mol. The van der Waals surface area contributed by atoms with Gasteiger partial charge in [-0.15, -0.1) is 0 Å². The molecule has 0 saturated heterocycles. The van der Waals surface area contributed by atoms with Gasteiger partial charge in [0.1, 0.15) is 11.6 Å². The summed E-state index contributed by atoms with van der Waals surface area (Å²) in [6.45, 7) is 2.53. The molecular weight excluding hydrogens is 274 g/mol. The number of nitrogens with one attached hydrogen (secondary N) is 2. The molecule has 1 atom stereocenters. The maximum Gasteiger partial charge on any atom is 0.208 e. The van der Waals surface area contributed by atoms with Crippen LogP contribution in [0.25, 0.3) is 0 Å². The molecule has 1 rings (SSSR count). The first kappa shape index (κ1) is 16.0. The number of sulfonamides is 1. The standard InChI is InChI=1S/C12H18F2N2O2S/c1-9(11-8-10(13)4-5-12(11)14)15-6-3-7-16-19(2,17)18/h4-5,8-9,15-16H,3,6-7H2,1-2H3. The van der Waals surface area contributed by atoms with Crippen molar-refractivity contribution in [2.45, 2.75) is 19.4 Å². The van der Waals surface area contributed by atoms with Crippen LogP contribution >= 0.6 is 0 Å². The van der Waals surface area contributed by atoms with Gasteiger partial charge in [0.25, 0.3) is 0 Å². The van der Waals surface area contributed by atoms with Gasteiger partial charge < -0.3 is 5.32 Å². The lowest BCUT2D eigenvalue weighted by Gasteiger charge is -2.15. The third-order valence-electron chi connectivity index (χ3n) is 2.59. The quantitative estimate of drug-likeness (QED) is 0.750. The Morgan fingerprint density at radius 2 is 1.95 bits per heavy atom. The molecule has 0 fully saturated rings. The monoisotopic (exact) mass is 292 g/mol. The van der Waals surface area contributed by atoms with E-state index >= 15 is 0 Å². The molecule has 7 heteroatoms. The highest BCUT2D eigenvalue weighted by Crippen LogP contribution is 2.17. The Hall–Kier alpha value is -1.05. The van der Waals surface area contributed by atoms with Crippen molar-refractivity contribution in [1.29, 1.82) is 0 Å². The Morgan fingerprint density at radius 3 is 2.58 bits per heavy atom. The number of rotatable bonds is 7.